The number of nitrogens with zero attached hydrogens (tertiary/aromatic N) is 2. The van der Waals surface area contributed by atoms with Gasteiger partial charge in [0.1, 0.15) is 0 Å². The zero-order valence-corrected chi connectivity index (χ0v) is 14.4. The highest BCUT2D eigenvalue weighted by Crippen LogP contribution is 2.10. The lowest BCUT2D eigenvalue weighted by Gasteiger charge is -2.08. The zero-order valence-electron chi connectivity index (χ0n) is 12.8. The molecular weight excluding hydrogens is 366 g/mol. The number of ether oxygens (including phenoxy) is 2. The molecule has 0 bridgehead atoms. The van der Waals surface area contributed by atoms with Crippen molar-refractivity contribution in [2.75, 3.05) is 13.2 Å². The van der Waals surface area contributed by atoms with Crippen molar-refractivity contribution in [3.8, 4) is 0 Å². The Kier molecular flexibility index (Phi) is 7.82. The van der Waals surface area contributed by atoms with E-state index in [1.54, 1.807) is 13.8 Å². The van der Waals surface area contributed by atoms with Crippen LogP contribution in [0.4, 0.5) is 0 Å². The SMILES string of the molecule is CCOC(=O)C(C(N)=N/N=C\c1cccc(Br)c1)=C(O)OCC. The lowest BCUT2D eigenvalue weighted by Crippen LogP contribution is -2.25. The largest absolute Gasteiger partial charge is 0.480 e. The first-order valence-electron chi connectivity index (χ1n) is 6.85. The number of halogens is 1. The van der Waals surface area contributed by atoms with Crippen LogP contribution in [0, 0.1) is 0 Å². The lowest BCUT2D eigenvalue weighted by atomic mass is 10.2. The summed E-state index contributed by atoms with van der Waals surface area (Å²) in [6.45, 7) is 3.56. The van der Waals surface area contributed by atoms with Gasteiger partial charge in [-0.3, -0.25) is 0 Å². The smallest absolute Gasteiger partial charge is 0.349 e. The fourth-order valence-electron chi connectivity index (χ4n) is 1.51. The fraction of sp³-hybridized carbons (Fsp3) is 0.267. The van der Waals surface area contributed by atoms with E-state index in [2.05, 4.69) is 26.1 Å². The quantitative estimate of drug-likeness (QED) is 0.188. The fourth-order valence-corrected chi connectivity index (χ4v) is 1.93. The maximum Gasteiger partial charge on any atom is 0.349 e. The first-order chi connectivity index (χ1) is 11.0. The highest BCUT2D eigenvalue weighted by atomic mass is 79.9. The van der Waals surface area contributed by atoms with Crippen molar-refractivity contribution >= 4 is 33.9 Å². The molecule has 1 rings (SSSR count). The van der Waals surface area contributed by atoms with E-state index < -0.39 is 11.9 Å². The molecule has 0 unspecified atom stereocenters. The van der Waals surface area contributed by atoms with Crippen molar-refractivity contribution in [1.82, 2.24) is 0 Å². The van der Waals surface area contributed by atoms with Crippen LogP contribution in [0.25, 0.3) is 0 Å². The van der Waals surface area contributed by atoms with Crippen LogP contribution >= 0.6 is 15.9 Å². The summed E-state index contributed by atoms with van der Waals surface area (Å²) in [5.41, 5.74) is 6.13. The molecule has 0 saturated carbocycles. The first-order valence-corrected chi connectivity index (χ1v) is 7.64. The van der Waals surface area contributed by atoms with Gasteiger partial charge in [0.05, 0.1) is 19.4 Å². The standard InChI is InChI=1S/C15H18BrN3O4/c1-3-22-14(20)12(15(21)23-4-2)13(17)19-18-9-10-6-5-7-11(16)8-10/h5-9,20H,3-4H2,1-2H3,(H2,17,19)/b14-12?,18-9-. The minimum atomic E-state index is -0.836. The predicted octanol–water partition coefficient (Wildman–Crippen LogP) is 2.51. The highest BCUT2D eigenvalue weighted by molar-refractivity contribution is 9.10. The molecule has 0 spiro atoms. The molecule has 23 heavy (non-hydrogen) atoms. The summed E-state index contributed by atoms with van der Waals surface area (Å²) >= 11 is 3.34. The minimum Gasteiger partial charge on any atom is -0.480 e. The molecule has 0 heterocycles. The van der Waals surface area contributed by atoms with E-state index in [0.717, 1.165) is 10.0 Å². The summed E-state index contributed by atoms with van der Waals surface area (Å²) < 4.78 is 10.6. The van der Waals surface area contributed by atoms with Crippen molar-refractivity contribution in [2.24, 2.45) is 15.9 Å². The number of aliphatic hydroxyl groups is 1. The molecule has 0 fully saturated rings. The summed E-state index contributed by atoms with van der Waals surface area (Å²) in [4.78, 5) is 11.8. The summed E-state index contributed by atoms with van der Waals surface area (Å²) in [5, 5.41) is 17.3. The molecule has 3 N–H and O–H groups in total. The lowest BCUT2D eigenvalue weighted by molar-refractivity contribution is -0.138. The van der Waals surface area contributed by atoms with Gasteiger partial charge in [0.2, 0.25) is 0 Å². The van der Waals surface area contributed by atoms with E-state index in [0.29, 0.717) is 0 Å². The van der Waals surface area contributed by atoms with E-state index in [9.17, 15) is 9.90 Å². The van der Waals surface area contributed by atoms with E-state index >= 15 is 0 Å². The molecule has 7 nitrogen and oxygen atoms in total. The van der Waals surface area contributed by atoms with Crippen molar-refractivity contribution in [1.29, 1.82) is 0 Å². The summed E-state index contributed by atoms with van der Waals surface area (Å²) in [7, 11) is 0. The molecule has 1 aromatic rings. The van der Waals surface area contributed by atoms with Crippen LogP contribution in [0.15, 0.2) is 50.5 Å². The number of carbonyl (C=O) groups excluding carboxylic acids is 1. The number of rotatable bonds is 7. The summed E-state index contributed by atoms with van der Waals surface area (Å²) in [5.74, 6) is -1.79. The average Bonchev–Trinajstić information content (AvgIpc) is 2.48. The van der Waals surface area contributed by atoms with Crippen molar-refractivity contribution in [2.45, 2.75) is 13.8 Å². The Bertz CT molecular complexity index is 641. The van der Waals surface area contributed by atoms with Gasteiger partial charge in [-0.25, -0.2) is 4.79 Å². The predicted molar refractivity (Wildman–Crippen MR) is 91.3 cm³/mol. The van der Waals surface area contributed by atoms with Gasteiger partial charge in [-0.2, -0.15) is 5.10 Å². The number of carbonyl (C=O) groups is 1. The topological polar surface area (TPSA) is 107 Å². The third-order valence-electron chi connectivity index (χ3n) is 2.45. The van der Waals surface area contributed by atoms with E-state index in [1.165, 1.54) is 6.21 Å². The monoisotopic (exact) mass is 383 g/mol. The second-order valence-electron chi connectivity index (χ2n) is 4.12. The van der Waals surface area contributed by atoms with Crippen molar-refractivity contribution < 1.29 is 19.4 Å². The molecular formula is C15H18BrN3O4. The molecule has 0 aliphatic rings. The Hall–Kier alpha value is -2.35. The second kappa shape index (κ2) is 9.62. The van der Waals surface area contributed by atoms with Gasteiger partial charge in [0, 0.05) is 4.47 Å². The van der Waals surface area contributed by atoms with Crippen LogP contribution in [0.1, 0.15) is 19.4 Å². The molecule has 0 aliphatic heterocycles. The molecule has 0 saturated heterocycles. The van der Waals surface area contributed by atoms with E-state index in [4.69, 9.17) is 15.2 Å². The van der Waals surface area contributed by atoms with Gasteiger partial charge in [-0.05, 0) is 31.5 Å². The number of benzene rings is 1. The zero-order chi connectivity index (χ0) is 17.2. The molecule has 1 aromatic carbocycles. The molecule has 0 atom stereocenters. The third-order valence-corrected chi connectivity index (χ3v) is 2.94. The summed E-state index contributed by atoms with van der Waals surface area (Å²) in [6, 6.07) is 7.36. The number of hydrogen-bond donors (Lipinski definition) is 2. The summed E-state index contributed by atoms with van der Waals surface area (Å²) in [6.07, 6.45) is 1.46. The normalized spacial score (nSPS) is 12.9. The molecule has 0 aliphatic carbocycles. The molecule has 124 valence electrons. The van der Waals surface area contributed by atoms with Crippen LogP contribution in [0.3, 0.4) is 0 Å². The number of aliphatic hydroxyl groups excluding tert-OH is 1. The number of hydrogen-bond acceptors (Lipinski definition) is 6. The highest BCUT2D eigenvalue weighted by Gasteiger charge is 2.22. The van der Waals surface area contributed by atoms with Crippen LogP contribution < -0.4 is 5.73 Å². The van der Waals surface area contributed by atoms with Crippen LogP contribution in [-0.4, -0.2) is 36.3 Å². The molecule has 0 aromatic heterocycles. The molecule has 8 heteroatoms. The van der Waals surface area contributed by atoms with Crippen LogP contribution in [0.2, 0.25) is 0 Å². The molecule has 0 radical (unpaired) electrons. The Morgan fingerprint density at radius 3 is 2.65 bits per heavy atom. The number of nitrogens with two attached hydrogens (primary N) is 1. The van der Waals surface area contributed by atoms with Gasteiger partial charge >= 0.3 is 5.97 Å². The van der Waals surface area contributed by atoms with E-state index in [1.807, 2.05) is 24.3 Å². The maximum absolute atomic E-state index is 11.8. The van der Waals surface area contributed by atoms with Gasteiger partial charge in [-0.15, -0.1) is 5.10 Å². The van der Waals surface area contributed by atoms with E-state index in [-0.39, 0.29) is 24.6 Å². The Labute approximate surface area is 142 Å². The minimum absolute atomic E-state index is 0.121. The van der Waals surface area contributed by atoms with Gasteiger partial charge in [0.15, 0.2) is 11.4 Å². The second-order valence-corrected chi connectivity index (χ2v) is 5.03. The van der Waals surface area contributed by atoms with Gasteiger partial charge in [-0.1, -0.05) is 28.1 Å². The first kappa shape index (κ1) is 18.7. The van der Waals surface area contributed by atoms with Gasteiger partial charge in [0.25, 0.3) is 5.95 Å². The van der Waals surface area contributed by atoms with Crippen LogP contribution in [0.5, 0.6) is 0 Å². The average molecular weight is 384 g/mol. The number of esters is 1. The Balaban J connectivity index is 3.02. The van der Waals surface area contributed by atoms with Crippen molar-refractivity contribution in [3.05, 3.63) is 45.8 Å². The van der Waals surface area contributed by atoms with Crippen molar-refractivity contribution in [3.63, 3.8) is 0 Å². The number of amidine groups is 1. The van der Waals surface area contributed by atoms with Crippen LogP contribution in [-0.2, 0) is 14.3 Å². The Morgan fingerprint density at radius 1 is 1.35 bits per heavy atom. The molecule has 0 amide bonds. The Morgan fingerprint density at radius 2 is 2.04 bits per heavy atom. The third kappa shape index (κ3) is 6.11. The maximum atomic E-state index is 11.8. The van der Waals surface area contributed by atoms with Gasteiger partial charge < -0.3 is 20.3 Å².